The average molecular weight is 347 g/mol. The fraction of sp³-hybridized carbons (Fsp3) is 0.529. The van der Waals surface area contributed by atoms with Crippen LogP contribution in [0.25, 0.3) is 0 Å². The van der Waals surface area contributed by atoms with Crippen LogP contribution in [0.3, 0.4) is 0 Å². The summed E-state index contributed by atoms with van der Waals surface area (Å²) in [5.74, 6) is -0.550. The zero-order valence-electron chi connectivity index (χ0n) is 13.9. The van der Waals surface area contributed by atoms with Gasteiger partial charge in [0.25, 0.3) is 0 Å². The fourth-order valence-corrected chi connectivity index (χ4v) is 3.44. The largest absolute Gasteiger partial charge is 0.481 e. The molecule has 0 aromatic carbocycles. The van der Waals surface area contributed by atoms with Gasteiger partial charge in [-0.1, -0.05) is 6.92 Å². The van der Waals surface area contributed by atoms with E-state index >= 15 is 0 Å². The normalized spacial score (nSPS) is 15.1. The van der Waals surface area contributed by atoms with Crippen molar-refractivity contribution >= 4 is 29.3 Å². The molecule has 1 aromatic heterocycles. The lowest BCUT2D eigenvalue weighted by molar-refractivity contribution is -0.142. The first-order chi connectivity index (χ1) is 11.5. The summed E-state index contributed by atoms with van der Waals surface area (Å²) < 4.78 is 0. The highest BCUT2D eigenvalue weighted by molar-refractivity contribution is 7.98. The topological polar surface area (TPSA) is 94.3 Å². The Balaban J connectivity index is 2.32. The number of carboxylic acids is 1. The van der Waals surface area contributed by atoms with E-state index in [1.807, 2.05) is 18.1 Å². The molecule has 0 unspecified atom stereocenters. The molecule has 1 N–H and O–H groups in total. The number of carbonyl (C=O) groups is 2. The van der Waals surface area contributed by atoms with E-state index in [2.05, 4.69) is 11.1 Å². The van der Waals surface area contributed by atoms with Gasteiger partial charge in [0.15, 0.2) is 5.78 Å². The summed E-state index contributed by atoms with van der Waals surface area (Å²) in [6.45, 7) is 3.04. The number of piperidine rings is 1. The number of carboxylic acid groups (broad SMARTS) is 1. The van der Waals surface area contributed by atoms with Gasteiger partial charge in [-0.05, 0) is 31.6 Å². The number of rotatable bonds is 6. The van der Waals surface area contributed by atoms with E-state index in [9.17, 15) is 14.9 Å². The Hall–Kier alpha value is -2.07. The predicted octanol–water partition coefficient (Wildman–Crippen LogP) is 2.96. The Morgan fingerprint density at radius 3 is 2.62 bits per heavy atom. The minimum atomic E-state index is -0.770. The minimum Gasteiger partial charge on any atom is -0.481 e. The quantitative estimate of drug-likeness (QED) is 0.624. The van der Waals surface area contributed by atoms with Crippen LogP contribution in [0.15, 0.2) is 11.1 Å². The number of hydrogen-bond donors (Lipinski definition) is 1. The zero-order chi connectivity index (χ0) is 17.7. The second kappa shape index (κ2) is 8.15. The van der Waals surface area contributed by atoms with Crippen molar-refractivity contribution in [2.75, 3.05) is 24.2 Å². The first-order valence-electron chi connectivity index (χ1n) is 8.01. The fourth-order valence-electron chi connectivity index (χ4n) is 2.87. The molecule has 0 saturated carbocycles. The molecule has 0 spiro atoms. The van der Waals surface area contributed by atoms with E-state index in [1.165, 1.54) is 11.8 Å². The van der Waals surface area contributed by atoms with Crippen LogP contribution in [0.1, 0.15) is 48.5 Å². The maximum absolute atomic E-state index is 12.3. The van der Waals surface area contributed by atoms with Crippen LogP contribution in [0.4, 0.5) is 5.82 Å². The van der Waals surface area contributed by atoms with E-state index in [0.717, 1.165) is 6.42 Å². The van der Waals surface area contributed by atoms with Gasteiger partial charge < -0.3 is 10.0 Å². The SMILES string of the molecule is CCCC(=O)c1cc(C#N)c(N2CCC(C(=O)O)CC2)nc1SC. The summed E-state index contributed by atoms with van der Waals surface area (Å²) in [5, 5.41) is 19.2. The number of aliphatic carboxylic acids is 1. The highest BCUT2D eigenvalue weighted by atomic mass is 32.2. The van der Waals surface area contributed by atoms with Gasteiger partial charge in [0, 0.05) is 19.5 Å². The van der Waals surface area contributed by atoms with E-state index in [-0.39, 0.29) is 11.7 Å². The molecule has 7 heteroatoms. The standard InChI is InChI=1S/C17H21N3O3S/c1-3-4-14(21)13-9-12(10-18)15(19-16(13)24-2)20-7-5-11(6-8-20)17(22)23/h9,11H,3-8H2,1-2H3,(H,22,23). The van der Waals surface area contributed by atoms with Crippen molar-refractivity contribution in [1.29, 1.82) is 5.26 Å². The van der Waals surface area contributed by atoms with Crippen molar-refractivity contribution < 1.29 is 14.7 Å². The van der Waals surface area contributed by atoms with Gasteiger partial charge in [0.1, 0.15) is 16.9 Å². The van der Waals surface area contributed by atoms with Crippen molar-refractivity contribution in [1.82, 2.24) is 4.98 Å². The molecular formula is C17H21N3O3S. The molecule has 2 rings (SSSR count). The van der Waals surface area contributed by atoms with Crippen LogP contribution in [0, 0.1) is 17.2 Å². The molecule has 1 fully saturated rings. The number of pyridine rings is 1. The number of thioether (sulfide) groups is 1. The van der Waals surface area contributed by atoms with Crippen LogP contribution >= 0.6 is 11.8 Å². The van der Waals surface area contributed by atoms with Gasteiger partial charge in [-0.3, -0.25) is 9.59 Å². The van der Waals surface area contributed by atoms with Crippen LogP contribution in [0.5, 0.6) is 0 Å². The van der Waals surface area contributed by atoms with Crippen LogP contribution in [-0.4, -0.2) is 41.2 Å². The van der Waals surface area contributed by atoms with Crippen LogP contribution in [0.2, 0.25) is 0 Å². The van der Waals surface area contributed by atoms with Crippen LogP contribution in [-0.2, 0) is 4.79 Å². The lowest BCUT2D eigenvalue weighted by Crippen LogP contribution is -2.37. The van der Waals surface area contributed by atoms with E-state index in [4.69, 9.17) is 5.11 Å². The first-order valence-corrected chi connectivity index (χ1v) is 9.24. The number of nitriles is 1. The second-order valence-electron chi connectivity index (χ2n) is 5.80. The van der Waals surface area contributed by atoms with Crippen molar-refractivity contribution in [3.63, 3.8) is 0 Å². The Kier molecular flexibility index (Phi) is 6.21. The minimum absolute atomic E-state index is 0.00184. The summed E-state index contributed by atoms with van der Waals surface area (Å²) in [6.07, 6.45) is 4.11. The molecule has 0 amide bonds. The Bertz CT molecular complexity index is 676. The van der Waals surface area contributed by atoms with Crippen molar-refractivity contribution in [3.05, 3.63) is 17.2 Å². The molecule has 0 aliphatic carbocycles. The van der Waals surface area contributed by atoms with E-state index in [1.54, 1.807) is 6.07 Å². The number of nitrogens with zero attached hydrogens (tertiary/aromatic N) is 3. The molecule has 0 radical (unpaired) electrons. The lowest BCUT2D eigenvalue weighted by Gasteiger charge is -2.31. The van der Waals surface area contributed by atoms with Gasteiger partial charge in [0.2, 0.25) is 0 Å². The summed E-state index contributed by atoms with van der Waals surface area (Å²) in [7, 11) is 0. The van der Waals surface area contributed by atoms with Gasteiger partial charge in [-0.2, -0.15) is 5.26 Å². The van der Waals surface area contributed by atoms with Crippen molar-refractivity contribution in [3.8, 4) is 6.07 Å². The monoisotopic (exact) mass is 347 g/mol. The zero-order valence-corrected chi connectivity index (χ0v) is 14.7. The second-order valence-corrected chi connectivity index (χ2v) is 6.60. The lowest BCUT2D eigenvalue weighted by atomic mass is 9.96. The number of anilines is 1. The molecule has 0 atom stereocenters. The molecule has 0 bridgehead atoms. The third-order valence-electron chi connectivity index (χ3n) is 4.20. The summed E-state index contributed by atoms with van der Waals surface area (Å²) >= 11 is 1.39. The molecule has 2 heterocycles. The third-order valence-corrected chi connectivity index (χ3v) is 4.90. The maximum atomic E-state index is 12.3. The summed E-state index contributed by atoms with van der Waals surface area (Å²) in [6, 6.07) is 3.77. The molecule has 24 heavy (non-hydrogen) atoms. The molecular weight excluding hydrogens is 326 g/mol. The van der Waals surface area contributed by atoms with Gasteiger partial charge in [-0.15, -0.1) is 11.8 Å². The van der Waals surface area contributed by atoms with Gasteiger partial charge in [0.05, 0.1) is 17.0 Å². The molecule has 6 nitrogen and oxygen atoms in total. The number of aromatic nitrogens is 1. The third kappa shape index (κ3) is 3.88. The van der Waals surface area contributed by atoms with Gasteiger partial charge in [-0.25, -0.2) is 4.98 Å². The molecule has 1 aromatic rings. The molecule has 1 aliphatic rings. The number of ketones is 1. The number of hydrogen-bond acceptors (Lipinski definition) is 6. The smallest absolute Gasteiger partial charge is 0.306 e. The van der Waals surface area contributed by atoms with Crippen molar-refractivity contribution in [2.45, 2.75) is 37.6 Å². The van der Waals surface area contributed by atoms with E-state index in [0.29, 0.717) is 54.3 Å². The number of Topliss-reactive ketones (excluding diaryl/α,β-unsaturated/α-hetero) is 1. The Morgan fingerprint density at radius 1 is 1.46 bits per heavy atom. The maximum Gasteiger partial charge on any atom is 0.306 e. The summed E-state index contributed by atoms with van der Waals surface area (Å²) in [5.41, 5.74) is 0.881. The van der Waals surface area contributed by atoms with E-state index < -0.39 is 5.97 Å². The molecule has 128 valence electrons. The highest BCUT2D eigenvalue weighted by Crippen LogP contribution is 2.30. The first kappa shape index (κ1) is 18.3. The predicted molar refractivity (Wildman–Crippen MR) is 92.5 cm³/mol. The Labute approximate surface area is 145 Å². The van der Waals surface area contributed by atoms with Crippen molar-refractivity contribution in [2.24, 2.45) is 5.92 Å². The molecule has 1 aliphatic heterocycles. The van der Waals surface area contributed by atoms with Gasteiger partial charge >= 0.3 is 5.97 Å². The number of carbonyl (C=O) groups excluding carboxylic acids is 1. The summed E-state index contributed by atoms with van der Waals surface area (Å²) in [4.78, 5) is 29.8. The molecule has 1 saturated heterocycles. The van der Waals surface area contributed by atoms with Crippen LogP contribution < -0.4 is 4.90 Å². The average Bonchev–Trinajstić information content (AvgIpc) is 2.60. The Morgan fingerprint density at radius 2 is 2.12 bits per heavy atom. The highest BCUT2D eigenvalue weighted by Gasteiger charge is 2.27.